The average Bonchev–Trinajstić information content (AvgIpc) is 2.41. The molecule has 1 aromatic heterocycles. The van der Waals surface area contributed by atoms with Crippen LogP contribution in [0.2, 0.25) is 0 Å². The first kappa shape index (κ1) is 13.3. The predicted molar refractivity (Wildman–Crippen MR) is 74.6 cm³/mol. The SMILES string of the molecule is CC(=O)c1ccc(OCCc2ccccn2)c(C)c1. The van der Waals surface area contributed by atoms with E-state index < -0.39 is 0 Å². The molecule has 0 N–H and O–H groups in total. The third-order valence-corrected chi connectivity index (χ3v) is 2.92. The lowest BCUT2D eigenvalue weighted by atomic mass is 10.1. The number of carbonyl (C=O) groups is 1. The highest BCUT2D eigenvalue weighted by Crippen LogP contribution is 2.19. The molecule has 1 heterocycles. The summed E-state index contributed by atoms with van der Waals surface area (Å²) in [6.07, 6.45) is 2.55. The van der Waals surface area contributed by atoms with Gasteiger partial charge in [-0.3, -0.25) is 9.78 Å². The van der Waals surface area contributed by atoms with Crippen LogP contribution in [0, 0.1) is 6.92 Å². The Morgan fingerprint density at radius 2 is 2.11 bits per heavy atom. The van der Waals surface area contributed by atoms with Crippen LogP contribution in [-0.2, 0) is 6.42 Å². The van der Waals surface area contributed by atoms with Gasteiger partial charge in [-0.1, -0.05) is 6.07 Å². The summed E-state index contributed by atoms with van der Waals surface area (Å²) < 4.78 is 5.72. The Kier molecular flexibility index (Phi) is 4.29. The molecule has 0 amide bonds. The summed E-state index contributed by atoms with van der Waals surface area (Å²) in [4.78, 5) is 15.5. The number of pyridine rings is 1. The number of ketones is 1. The van der Waals surface area contributed by atoms with E-state index in [4.69, 9.17) is 4.74 Å². The van der Waals surface area contributed by atoms with Gasteiger partial charge in [-0.25, -0.2) is 0 Å². The Morgan fingerprint density at radius 3 is 2.74 bits per heavy atom. The zero-order valence-electron chi connectivity index (χ0n) is 11.2. The summed E-state index contributed by atoms with van der Waals surface area (Å²) in [6.45, 7) is 4.09. The number of nitrogens with zero attached hydrogens (tertiary/aromatic N) is 1. The van der Waals surface area contributed by atoms with Crippen molar-refractivity contribution in [1.82, 2.24) is 4.98 Å². The molecule has 3 nitrogen and oxygen atoms in total. The molecule has 0 radical (unpaired) electrons. The van der Waals surface area contributed by atoms with Gasteiger partial charge in [0.1, 0.15) is 5.75 Å². The molecular formula is C16H17NO2. The van der Waals surface area contributed by atoms with E-state index in [0.717, 1.165) is 29.0 Å². The molecule has 0 saturated carbocycles. The molecule has 0 bridgehead atoms. The van der Waals surface area contributed by atoms with Gasteiger partial charge in [-0.2, -0.15) is 0 Å². The van der Waals surface area contributed by atoms with Crippen LogP contribution < -0.4 is 4.74 Å². The second-order valence-electron chi connectivity index (χ2n) is 4.46. The lowest BCUT2D eigenvalue weighted by Gasteiger charge is -2.09. The van der Waals surface area contributed by atoms with Crippen molar-refractivity contribution in [2.45, 2.75) is 20.3 Å². The van der Waals surface area contributed by atoms with Gasteiger partial charge in [0.25, 0.3) is 0 Å². The van der Waals surface area contributed by atoms with E-state index >= 15 is 0 Å². The molecule has 98 valence electrons. The topological polar surface area (TPSA) is 39.2 Å². The Bertz CT molecular complexity index is 564. The first-order valence-electron chi connectivity index (χ1n) is 6.31. The van der Waals surface area contributed by atoms with Gasteiger partial charge in [0.05, 0.1) is 6.61 Å². The second-order valence-corrected chi connectivity index (χ2v) is 4.46. The van der Waals surface area contributed by atoms with Crippen LogP contribution in [0.5, 0.6) is 5.75 Å². The van der Waals surface area contributed by atoms with Crippen molar-refractivity contribution < 1.29 is 9.53 Å². The van der Waals surface area contributed by atoms with E-state index in [9.17, 15) is 4.79 Å². The number of ether oxygens (including phenoxy) is 1. The number of carbonyl (C=O) groups excluding carboxylic acids is 1. The Balaban J connectivity index is 1.95. The van der Waals surface area contributed by atoms with Crippen LogP contribution in [0.1, 0.15) is 28.5 Å². The van der Waals surface area contributed by atoms with Gasteiger partial charge < -0.3 is 4.74 Å². The first-order chi connectivity index (χ1) is 9.16. The molecule has 19 heavy (non-hydrogen) atoms. The number of aryl methyl sites for hydroxylation is 1. The fourth-order valence-electron chi connectivity index (χ4n) is 1.84. The van der Waals surface area contributed by atoms with Crippen molar-refractivity contribution in [3.63, 3.8) is 0 Å². The fraction of sp³-hybridized carbons (Fsp3) is 0.250. The largest absolute Gasteiger partial charge is 0.493 e. The van der Waals surface area contributed by atoms with Crippen LogP contribution in [0.25, 0.3) is 0 Å². The first-order valence-corrected chi connectivity index (χ1v) is 6.31. The van der Waals surface area contributed by atoms with Gasteiger partial charge in [0, 0.05) is 23.9 Å². The minimum Gasteiger partial charge on any atom is -0.493 e. The monoisotopic (exact) mass is 255 g/mol. The molecule has 2 rings (SSSR count). The zero-order chi connectivity index (χ0) is 13.7. The smallest absolute Gasteiger partial charge is 0.159 e. The van der Waals surface area contributed by atoms with Gasteiger partial charge in [0.15, 0.2) is 5.78 Å². The van der Waals surface area contributed by atoms with Gasteiger partial charge in [0.2, 0.25) is 0 Å². The van der Waals surface area contributed by atoms with E-state index in [1.54, 1.807) is 19.2 Å². The van der Waals surface area contributed by atoms with E-state index in [-0.39, 0.29) is 5.78 Å². The quantitative estimate of drug-likeness (QED) is 0.770. The number of rotatable bonds is 5. The van der Waals surface area contributed by atoms with Crippen LogP contribution >= 0.6 is 0 Å². The average molecular weight is 255 g/mol. The summed E-state index contributed by atoms with van der Waals surface area (Å²) in [5.41, 5.74) is 2.71. The molecule has 2 aromatic rings. The maximum Gasteiger partial charge on any atom is 0.159 e. The van der Waals surface area contributed by atoms with Crippen LogP contribution in [-0.4, -0.2) is 17.4 Å². The van der Waals surface area contributed by atoms with E-state index in [2.05, 4.69) is 4.98 Å². The van der Waals surface area contributed by atoms with E-state index in [1.165, 1.54) is 0 Å². The summed E-state index contributed by atoms with van der Waals surface area (Å²) in [7, 11) is 0. The van der Waals surface area contributed by atoms with Gasteiger partial charge >= 0.3 is 0 Å². The molecule has 0 fully saturated rings. The molecule has 0 aliphatic rings. The highest BCUT2D eigenvalue weighted by Gasteiger charge is 2.04. The third-order valence-electron chi connectivity index (χ3n) is 2.92. The zero-order valence-corrected chi connectivity index (χ0v) is 11.2. The summed E-state index contributed by atoms with van der Waals surface area (Å²) in [5, 5.41) is 0. The molecular weight excluding hydrogens is 238 g/mol. The lowest BCUT2D eigenvalue weighted by molar-refractivity contribution is 0.101. The number of hydrogen-bond acceptors (Lipinski definition) is 3. The summed E-state index contributed by atoms with van der Waals surface area (Å²) >= 11 is 0. The summed E-state index contributed by atoms with van der Waals surface area (Å²) in [6, 6.07) is 11.4. The Hall–Kier alpha value is -2.16. The number of hydrogen-bond donors (Lipinski definition) is 0. The van der Waals surface area contributed by atoms with Gasteiger partial charge in [-0.15, -0.1) is 0 Å². The standard InChI is InChI=1S/C16H17NO2/c1-12-11-14(13(2)18)6-7-16(12)19-10-8-15-5-3-4-9-17-15/h3-7,9,11H,8,10H2,1-2H3. The minimum atomic E-state index is 0.0723. The molecule has 0 atom stereocenters. The van der Waals surface area contributed by atoms with Crippen molar-refractivity contribution in [3.8, 4) is 5.75 Å². The highest BCUT2D eigenvalue weighted by atomic mass is 16.5. The molecule has 0 spiro atoms. The Morgan fingerprint density at radius 1 is 1.26 bits per heavy atom. The normalized spacial score (nSPS) is 10.2. The van der Waals surface area contributed by atoms with E-state index in [0.29, 0.717) is 6.61 Å². The van der Waals surface area contributed by atoms with Crippen molar-refractivity contribution in [2.24, 2.45) is 0 Å². The summed E-state index contributed by atoms with van der Waals surface area (Å²) in [5.74, 6) is 0.893. The highest BCUT2D eigenvalue weighted by molar-refractivity contribution is 5.94. The van der Waals surface area contributed by atoms with Gasteiger partial charge in [-0.05, 0) is 49.7 Å². The number of aromatic nitrogens is 1. The second kappa shape index (κ2) is 6.14. The van der Waals surface area contributed by atoms with Crippen LogP contribution in [0.4, 0.5) is 0 Å². The lowest BCUT2D eigenvalue weighted by Crippen LogP contribution is -2.04. The number of Topliss-reactive ketones (excluding diaryl/α,β-unsaturated/α-hetero) is 1. The maximum atomic E-state index is 11.3. The van der Waals surface area contributed by atoms with Crippen molar-refractivity contribution in [3.05, 3.63) is 59.4 Å². The maximum absolute atomic E-state index is 11.3. The molecule has 0 aliphatic carbocycles. The third kappa shape index (κ3) is 3.65. The van der Waals surface area contributed by atoms with Crippen molar-refractivity contribution >= 4 is 5.78 Å². The molecule has 0 unspecified atom stereocenters. The van der Waals surface area contributed by atoms with Crippen LogP contribution in [0.15, 0.2) is 42.6 Å². The fourth-order valence-corrected chi connectivity index (χ4v) is 1.84. The molecule has 0 aliphatic heterocycles. The van der Waals surface area contributed by atoms with Crippen molar-refractivity contribution in [1.29, 1.82) is 0 Å². The van der Waals surface area contributed by atoms with E-state index in [1.807, 2.05) is 37.3 Å². The molecule has 0 saturated heterocycles. The minimum absolute atomic E-state index is 0.0723. The Labute approximate surface area is 113 Å². The molecule has 3 heteroatoms. The predicted octanol–water partition coefficient (Wildman–Crippen LogP) is 3.21. The molecule has 1 aromatic carbocycles. The van der Waals surface area contributed by atoms with Crippen LogP contribution in [0.3, 0.4) is 0 Å². The van der Waals surface area contributed by atoms with Crippen molar-refractivity contribution in [2.75, 3.05) is 6.61 Å². The number of benzene rings is 1.